The van der Waals surface area contributed by atoms with Gasteiger partial charge in [-0.05, 0) is 44.2 Å². The van der Waals surface area contributed by atoms with Crippen molar-refractivity contribution in [2.75, 3.05) is 13.1 Å². The molecule has 1 saturated carbocycles. The molecule has 2 nitrogen and oxygen atoms in total. The van der Waals surface area contributed by atoms with Gasteiger partial charge in [0.15, 0.2) is 0 Å². The van der Waals surface area contributed by atoms with Crippen LogP contribution in [-0.4, -0.2) is 35.2 Å². The third kappa shape index (κ3) is 2.85. The molecule has 17 heavy (non-hydrogen) atoms. The lowest BCUT2D eigenvalue weighted by Crippen LogP contribution is -2.50. The Bertz CT molecular complexity index is 227. The molecule has 0 aromatic heterocycles. The number of aliphatic hydroxyl groups is 1. The van der Waals surface area contributed by atoms with Gasteiger partial charge >= 0.3 is 0 Å². The first-order chi connectivity index (χ1) is 8.21. The number of hydrogen-bond acceptors (Lipinski definition) is 2. The smallest absolute Gasteiger partial charge is 0.0695 e. The number of likely N-dealkylation sites (tertiary alicyclic amines) is 1. The second-order valence-electron chi connectivity index (χ2n) is 6.16. The molecule has 0 spiro atoms. The van der Waals surface area contributed by atoms with E-state index in [2.05, 4.69) is 18.7 Å². The van der Waals surface area contributed by atoms with Gasteiger partial charge in [-0.25, -0.2) is 0 Å². The average molecular weight is 239 g/mol. The lowest BCUT2D eigenvalue weighted by Gasteiger charge is -2.46. The molecule has 1 aliphatic heterocycles. The summed E-state index contributed by atoms with van der Waals surface area (Å²) in [5.41, 5.74) is 0.607. The lowest BCUT2D eigenvalue weighted by molar-refractivity contribution is -0.0140. The van der Waals surface area contributed by atoms with Gasteiger partial charge in [-0.2, -0.15) is 0 Å². The molecule has 0 radical (unpaired) electrons. The fourth-order valence-electron chi connectivity index (χ4n) is 3.80. The molecule has 1 N–H and O–H groups in total. The van der Waals surface area contributed by atoms with E-state index in [1.807, 2.05) is 0 Å². The van der Waals surface area contributed by atoms with Crippen LogP contribution in [0, 0.1) is 5.41 Å². The number of piperidine rings is 1. The Hall–Kier alpha value is -0.0800. The standard InChI is InChI=1S/C15H29NO/c1-3-15(4-2)9-11-16(12-10-15)13-7-5-6-8-14(13)17/h13-14,17H,3-12H2,1-2H3/t13-,14-/m1/s1. The van der Waals surface area contributed by atoms with E-state index in [0.29, 0.717) is 11.5 Å². The molecule has 1 heterocycles. The molecule has 0 unspecified atom stereocenters. The molecule has 0 aromatic carbocycles. The Morgan fingerprint density at radius 2 is 1.65 bits per heavy atom. The maximum absolute atomic E-state index is 10.1. The fourth-order valence-corrected chi connectivity index (χ4v) is 3.80. The molecular weight excluding hydrogens is 210 g/mol. The van der Waals surface area contributed by atoms with Crippen molar-refractivity contribution in [2.45, 2.75) is 77.4 Å². The van der Waals surface area contributed by atoms with Crippen LogP contribution in [0.25, 0.3) is 0 Å². The van der Waals surface area contributed by atoms with Crippen LogP contribution in [0.15, 0.2) is 0 Å². The first-order valence-corrected chi connectivity index (χ1v) is 7.63. The van der Waals surface area contributed by atoms with Crippen LogP contribution >= 0.6 is 0 Å². The number of nitrogens with zero attached hydrogens (tertiary/aromatic N) is 1. The van der Waals surface area contributed by atoms with Crippen LogP contribution in [0.4, 0.5) is 0 Å². The minimum Gasteiger partial charge on any atom is -0.391 e. The van der Waals surface area contributed by atoms with Crippen LogP contribution < -0.4 is 0 Å². The van der Waals surface area contributed by atoms with E-state index >= 15 is 0 Å². The maximum Gasteiger partial charge on any atom is 0.0695 e. The second-order valence-corrected chi connectivity index (χ2v) is 6.16. The Morgan fingerprint density at radius 1 is 1.06 bits per heavy atom. The van der Waals surface area contributed by atoms with E-state index in [9.17, 15) is 5.11 Å². The largest absolute Gasteiger partial charge is 0.391 e. The van der Waals surface area contributed by atoms with Crippen LogP contribution in [0.2, 0.25) is 0 Å². The van der Waals surface area contributed by atoms with E-state index in [4.69, 9.17) is 0 Å². The molecule has 2 heteroatoms. The monoisotopic (exact) mass is 239 g/mol. The molecular formula is C15H29NO. The Kier molecular flexibility index (Phi) is 4.48. The normalized spacial score (nSPS) is 34.8. The summed E-state index contributed by atoms with van der Waals surface area (Å²) in [6, 6.07) is 0.468. The average Bonchev–Trinajstić information content (AvgIpc) is 2.40. The van der Waals surface area contributed by atoms with Gasteiger partial charge in [0, 0.05) is 6.04 Å². The highest BCUT2D eigenvalue weighted by atomic mass is 16.3. The summed E-state index contributed by atoms with van der Waals surface area (Å²) in [7, 11) is 0. The minimum atomic E-state index is -0.0560. The van der Waals surface area contributed by atoms with Crippen LogP contribution in [-0.2, 0) is 0 Å². The predicted octanol–water partition coefficient (Wildman–Crippen LogP) is 3.19. The van der Waals surface area contributed by atoms with Crippen LogP contribution in [0.3, 0.4) is 0 Å². The summed E-state index contributed by atoms with van der Waals surface area (Å²) < 4.78 is 0. The summed E-state index contributed by atoms with van der Waals surface area (Å²) in [5, 5.41) is 10.1. The molecule has 0 amide bonds. The number of hydrogen-bond donors (Lipinski definition) is 1. The minimum absolute atomic E-state index is 0.0560. The summed E-state index contributed by atoms with van der Waals surface area (Å²) in [6.07, 6.45) is 10.0. The van der Waals surface area contributed by atoms with Crippen molar-refractivity contribution >= 4 is 0 Å². The molecule has 2 rings (SSSR count). The summed E-state index contributed by atoms with van der Waals surface area (Å²) >= 11 is 0. The van der Waals surface area contributed by atoms with Crippen molar-refractivity contribution in [3.05, 3.63) is 0 Å². The predicted molar refractivity (Wildman–Crippen MR) is 72.1 cm³/mol. The fraction of sp³-hybridized carbons (Fsp3) is 1.00. The highest BCUT2D eigenvalue weighted by Crippen LogP contribution is 2.39. The lowest BCUT2D eigenvalue weighted by atomic mass is 9.73. The van der Waals surface area contributed by atoms with Gasteiger partial charge in [0.05, 0.1) is 6.10 Å². The van der Waals surface area contributed by atoms with Crippen molar-refractivity contribution in [3.8, 4) is 0 Å². The quantitative estimate of drug-likeness (QED) is 0.817. The van der Waals surface area contributed by atoms with Gasteiger partial charge in [-0.1, -0.05) is 39.5 Å². The van der Waals surface area contributed by atoms with E-state index < -0.39 is 0 Å². The molecule has 2 aliphatic rings. The van der Waals surface area contributed by atoms with Crippen molar-refractivity contribution in [2.24, 2.45) is 5.41 Å². The van der Waals surface area contributed by atoms with Gasteiger partial charge in [0.1, 0.15) is 0 Å². The first-order valence-electron chi connectivity index (χ1n) is 7.63. The topological polar surface area (TPSA) is 23.5 Å². The SMILES string of the molecule is CCC1(CC)CCN([C@@H]2CCCC[C@H]2O)CC1. The van der Waals surface area contributed by atoms with Crippen molar-refractivity contribution in [1.82, 2.24) is 4.90 Å². The third-order valence-electron chi connectivity index (χ3n) is 5.52. The first kappa shape index (κ1) is 13.4. The molecule has 2 atom stereocenters. The number of rotatable bonds is 3. The van der Waals surface area contributed by atoms with Crippen molar-refractivity contribution in [1.29, 1.82) is 0 Å². The summed E-state index contributed by atoms with van der Waals surface area (Å²) in [4.78, 5) is 2.58. The van der Waals surface area contributed by atoms with Gasteiger partial charge < -0.3 is 5.11 Å². The van der Waals surface area contributed by atoms with E-state index in [1.165, 1.54) is 58.0 Å². The maximum atomic E-state index is 10.1. The molecule has 0 bridgehead atoms. The molecule has 0 aromatic rings. The van der Waals surface area contributed by atoms with Gasteiger partial charge in [-0.15, -0.1) is 0 Å². The van der Waals surface area contributed by atoms with Crippen molar-refractivity contribution in [3.63, 3.8) is 0 Å². The van der Waals surface area contributed by atoms with E-state index in [0.717, 1.165) is 6.42 Å². The Morgan fingerprint density at radius 3 is 2.18 bits per heavy atom. The highest BCUT2D eigenvalue weighted by Gasteiger charge is 2.36. The zero-order chi connectivity index (χ0) is 12.3. The highest BCUT2D eigenvalue weighted by molar-refractivity contribution is 4.90. The summed E-state index contributed by atoms with van der Waals surface area (Å²) in [6.45, 7) is 7.11. The van der Waals surface area contributed by atoms with E-state index in [1.54, 1.807) is 0 Å². The second kappa shape index (κ2) is 5.71. The molecule has 1 aliphatic carbocycles. The molecule has 1 saturated heterocycles. The molecule has 100 valence electrons. The molecule has 2 fully saturated rings. The summed E-state index contributed by atoms with van der Waals surface area (Å²) in [5.74, 6) is 0. The zero-order valence-electron chi connectivity index (χ0n) is 11.6. The van der Waals surface area contributed by atoms with E-state index in [-0.39, 0.29) is 6.10 Å². The zero-order valence-corrected chi connectivity index (χ0v) is 11.6. The third-order valence-corrected chi connectivity index (χ3v) is 5.52. The van der Waals surface area contributed by atoms with Gasteiger partial charge in [0.25, 0.3) is 0 Å². The van der Waals surface area contributed by atoms with Gasteiger partial charge in [0.2, 0.25) is 0 Å². The Balaban J connectivity index is 1.89. The Labute approximate surface area is 106 Å². The number of aliphatic hydroxyl groups excluding tert-OH is 1. The van der Waals surface area contributed by atoms with Gasteiger partial charge in [-0.3, -0.25) is 4.90 Å². The van der Waals surface area contributed by atoms with Crippen molar-refractivity contribution < 1.29 is 5.11 Å². The van der Waals surface area contributed by atoms with Crippen LogP contribution in [0.1, 0.15) is 65.2 Å². The van der Waals surface area contributed by atoms with Crippen LogP contribution in [0.5, 0.6) is 0 Å².